The smallest absolute Gasteiger partial charge is 0.230 e. The minimum atomic E-state index is -0.0274. The van der Waals surface area contributed by atoms with Gasteiger partial charge in [0.15, 0.2) is 5.84 Å². The summed E-state index contributed by atoms with van der Waals surface area (Å²) in [5, 5.41) is 11.5. The van der Waals surface area contributed by atoms with Gasteiger partial charge in [-0.1, -0.05) is 5.16 Å². The molecule has 0 radical (unpaired) electrons. The maximum atomic E-state index is 11.7. The highest BCUT2D eigenvalue weighted by Gasteiger charge is 2.20. The van der Waals surface area contributed by atoms with E-state index in [2.05, 4.69) is 5.16 Å². The van der Waals surface area contributed by atoms with Crippen molar-refractivity contribution in [3.8, 4) is 5.75 Å². The van der Waals surface area contributed by atoms with Crippen molar-refractivity contribution in [3.63, 3.8) is 0 Å². The molecule has 0 saturated heterocycles. The molecule has 0 fully saturated rings. The summed E-state index contributed by atoms with van der Waals surface area (Å²) in [7, 11) is 1.67. The summed E-state index contributed by atoms with van der Waals surface area (Å²) in [6.07, 6.45) is 0.337. The first kappa shape index (κ1) is 11.3. The third-order valence-electron chi connectivity index (χ3n) is 2.67. The van der Waals surface area contributed by atoms with E-state index in [1.807, 2.05) is 0 Å². The van der Waals surface area contributed by atoms with Gasteiger partial charge in [-0.05, 0) is 18.2 Å². The first-order chi connectivity index (χ1) is 8.13. The zero-order chi connectivity index (χ0) is 12.4. The molecule has 0 atom stereocenters. The van der Waals surface area contributed by atoms with Gasteiger partial charge in [0.25, 0.3) is 0 Å². The second-order valence-electron chi connectivity index (χ2n) is 3.72. The van der Waals surface area contributed by atoms with Gasteiger partial charge in [-0.2, -0.15) is 0 Å². The summed E-state index contributed by atoms with van der Waals surface area (Å²) in [6.45, 7) is 0.360. The van der Waals surface area contributed by atoms with Crippen LogP contribution in [0.5, 0.6) is 5.75 Å². The number of nitrogens with zero attached hydrogens (tertiary/aromatic N) is 2. The number of hydrogen-bond donors (Lipinski definition) is 2. The second kappa shape index (κ2) is 4.32. The Balaban J connectivity index is 2.49. The van der Waals surface area contributed by atoms with E-state index in [-0.39, 0.29) is 11.7 Å². The van der Waals surface area contributed by atoms with E-state index >= 15 is 0 Å². The summed E-state index contributed by atoms with van der Waals surface area (Å²) in [6, 6.07) is 5.04. The van der Waals surface area contributed by atoms with Gasteiger partial charge in [0.2, 0.25) is 5.91 Å². The molecule has 0 aliphatic carbocycles. The molecule has 1 amide bonds. The number of nitrogens with two attached hydrogens (primary N) is 1. The summed E-state index contributed by atoms with van der Waals surface area (Å²) in [4.78, 5) is 13.2. The molecular formula is C11H13N3O3. The highest BCUT2D eigenvalue weighted by atomic mass is 16.5. The van der Waals surface area contributed by atoms with Crippen LogP contribution in [0.4, 0.5) is 5.69 Å². The topological polar surface area (TPSA) is 88.2 Å². The molecule has 17 heavy (non-hydrogen) atoms. The van der Waals surface area contributed by atoms with Crippen LogP contribution in [0.1, 0.15) is 12.0 Å². The average Bonchev–Trinajstić information content (AvgIpc) is 2.49. The van der Waals surface area contributed by atoms with Crippen molar-refractivity contribution in [2.45, 2.75) is 6.42 Å². The maximum Gasteiger partial charge on any atom is 0.230 e. The highest BCUT2D eigenvalue weighted by Crippen LogP contribution is 2.31. The number of benzene rings is 1. The largest absolute Gasteiger partial charge is 0.491 e. The summed E-state index contributed by atoms with van der Waals surface area (Å²) < 4.78 is 5.45. The van der Waals surface area contributed by atoms with Crippen molar-refractivity contribution in [2.24, 2.45) is 10.9 Å². The number of amides is 1. The van der Waals surface area contributed by atoms with Crippen LogP contribution in [0.3, 0.4) is 0 Å². The van der Waals surface area contributed by atoms with Crippen molar-refractivity contribution in [3.05, 3.63) is 23.8 Å². The molecule has 1 aliphatic heterocycles. The van der Waals surface area contributed by atoms with Crippen LogP contribution < -0.4 is 15.4 Å². The molecule has 3 N–H and O–H groups in total. The Hall–Kier alpha value is -2.24. The van der Waals surface area contributed by atoms with E-state index < -0.39 is 0 Å². The van der Waals surface area contributed by atoms with Gasteiger partial charge in [0.05, 0.1) is 18.7 Å². The lowest BCUT2D eigenvalue weighted by atomic mass is 10.1. The van der Waals surface area contributed by atoms with Crippen LogP contribution in [-0.4, -0.2) is 30.6 Å². The van der Waals surface area contributed by atoms with Crippen molar-refractivity contribution in [1.29, 1.82) is 0 Å². The minimum absolute atomic E-state index is 0.00195. The molecular weight excluding hydrogens is 222 g/mol. The normalized spacial score (nSPS) is 16.2. The van der Waals surface area contributed by atoms with Crippen molar-refractivity contribution >= 4 is 17.4 Å². The Bertz CT molecular complexity index is 485. The number of carbonyl (C=O) groups excluding carboxylic acids is 1. The Morgan fingerprint density at radius 3 is 3.06 bits per heavy atom. The Labute approximate surface area is 98.3 Å². The van der Waals surface area contributed by atoms with Gasteiger partial charge >= 0.3 is 0 Å². The van der Waals surface area contributed by atoms with Crippen LogP contribution in [0.2, 0.25) is 0 Å². The van der Waals surface area contributed by atoms with Gasteiger partial charge in [-0.3, -0.25) is 4.79 Å². The number of ether oxygens (including phenoxy) is 1. The van der Waals surface area contributed by atoms with Gasteiger partial charge in [0, 0.05) is 12.6 Å². The van der Waals surface area contributed by atoms with Gasteiger partial charge < -0.3 is 20.6 Å². The Morgan fingerprint density at radius 1 is 1.59 bits per heavy atom. The Kier molecular flexibility index (Phi) is 2.86. The highest BCUT2D eigenvalue weighted by molar-refractivity contribution is 6.01. The molecule has 6 heteroatoms. The summed E-state index contributed by atoms with van der Waals surface area (Å²) >= 11 is 0. The fourth-order valence-electron chi connectivity index (χ4n) is 1.67. The molecule has 90 valence electrons. The molecule has 1 aromatic carbocycles. The first-order valence-electron chi connectivity index (χ1n) is 5.15. The van der Waals surface area contributed by atoms with Crippen LogP contribution in [0, 0.1) is 0 Å². The van der Waals surface area contributed by atoms with Gasteiger partial charge in [0.1, 0.15) is 5.75 Å². The molecule has 0 aromatic heterocycles. The van der Waals surface area contributed by atoms with E-state index in [9.17, 15) is 4.79 Å². The van der Waals surface area contributed by atoms with Crippen molar-refractivity contribution in [1.82, 2.24) is 0 Å². The number of amidine groups is 1. The van der Waals surface area contributed by atoms with Crippen LogP contribution >= 0.6 is 0 Å². The van der Waals surface area contributed by atoms with Crippen LogP contribution in [0.15, 0.2) is 23.4 Å². The monoisotopic (exact) mass is 235 g/mol. The number of carbonyl (C=O) groups is 1. The first-order valence-corrected chi connectivity index (χ1v) is 5.15. The number of oxime groups is 1. The molecule has 0 unspecified atom stereocenters. The van der Waals surface area contributed by atoms with E-state index in [1.54, 1.807) is 25.2 Å². The van der Waals surface area contributed by atoms with Crippen LogP contribution in [0.25, 0.3) is 0 Å². The minimum Gasteiger partial charge on any atom is -0.491 e. The number of anilines is 1. The van der Waals surface area contributed by atoms with Gasteiger partial charge in [-0.15, -0.1) is 0 Å². The predicted molar refractivity (Wildman–Crippen MR) is 62.5 cm³/mol. The molecule has 6 nitrogen and oxygen atoms in total. The number of fused-ring (bicyclic) bond motifs is 1. The summed E-state index contributed by atoms with van der Waals surface area (Å²) in [5.41, 5.74) is 6.66. The lowest BCUT2D eigenvalue weighted by Crippen LogP contribution is -2.25. The molecule has 1 aromatic rings. The summed E-state index contributed by atoms with van der Waals surface area (Å²) in [5.74, 6) is 0.589. The average molecular weight is 235 g/mol. The number of rotatable bonds is 1. The predicted octanol–water partition coefficient (Wildman–Crippen LogP) is 0.526. The lowest BCUT2D eigenvalue weighted by molar-refractivity contribution is -0.118. The van der Waals surface area contributed by atoms with Gasteiger partial charge in [-0.25, -0.2) is 0 Å². The molecule has 0 spiro atoms. The molecule has 1 aliphatic rings. The SMILES string of the molecule is CN1C(=O)CCOc2ccc(/C(N)=N/O)cc21. The third kappa shape index (κ3) is 2.01. The van der Waals surface area contributed by atoms with Crippen molar-refractivity contribution < 1.29 is 14.7 Å². The molecule has 0 bridgehead atoms. The zero-order valence-electron chi connectivity index (χ0n) is 9.38. The number of hydrogen-bond acceptors (Lipinski definition) is 4. The molecule has 1 heterocycles. The van der Waals surface area contributed by atoms with Crippen molar-refractivity contribution in [2.75, 3.05) is 18.6 Å². The lowest BCUT2D eigenvalue weighted by Gasteiger charge is -2.17. The van der Waals surface area contributed by atoms with E-state index in [0.717, 1.165) is 0 Å². The maximum absolute atomic E-state index is 11.7. The fourth-order valence-corrected chi connectivity index (χ4v) is 1.67. The molecule has 2 rings (SSSR count). The standard InChI is InChI=1S/C11H13N3O3/c1-14-8-6-7(11(12)13-16)2-3-9(8)17-5-4-10(14)15/h2-3,6,16H,4-5H2,1H3,(H2,12,13). The molecule has 0 saturated carbocycles. The van der Waals surface area contributed by atoms with E-state index in [1.165, 1.54) is 4.90 Å². The Morgan fingerprint density at radius 2 is 2.35 bits per heavy atom. The second-order valence-corrected chi connectivity index (χ2v) is 3.72. The zero-order valence-corrected chi connectivity index (χ0v) is 9.38. The van der Waals surface area contributed by atoms with E-state index in [4.69, 9.17) is 15.7 Å². The fraction of sp³-hybridized carbons (Fsp3) is 0.273. The van der Waals surface area contributed by atoms with Crippen LogP contribution in [-0.2, 0) is 4.79 Å². The quantitative estimate of drug-likeness (QED) is 0.321. The third-order valence-corrected chi connectivity index (χ3v) is 2.67. The van der Waals surface area contributed by atoms with E-state index in [0.29, 0.717) is 30.0 Å².